The molecule has 2 N–H and O–H groups in total. The molecule has 22 heavy (non-hydrogen) atoms. The standard InChI is InChI=1S/C15H27N3O4/c1-11(2)9-16-15(22)18-7-4-5-12(10-18)14(21)17(3)8-6-13(19)20/h11-12H,4-10H2,1-3H3,(H,16,22)(H,19,20). The van der Waals surface area contributed by atoms with Gasteiger partial charge in [0.05, 0.1) is 12.3 Å². The Hall–Kier alpha value is -1.79. The van der Waals surface area contributed by atoms with E-state index >= 15 is 0 Å². The average Bonchev–Trinajstić information content (AvgIpc) is 2.49. The van der Waals surface area contributed by atoms with Crippen LogP contribution in [0, 0.1) is 11.8 Å². The molecule has 0 bridgehead atoms. The third-order valence-electron chi connectivity index (χ3n) is 3.76. The number of nitrogens with zero attached hydrogens (tertiary/aromatic N) is 2. The number of amides is 3. The van der Waals surface area contributed by atoms with E-state index in [-0.39, 0.29) is 30.8 Å². The number of rotatable bonds is 6. The second-order valence-corrected chi connectivity index (χ2v) is 6.27. The van der Waals surface area contributed by atoms with Gasteiger partial charge in [-0.3, -0.25) is 9.59 Å². The highest BCUT2D eigenvalue weighted by molar-refractivity contribution is 5.81. The Bertz CT molecular complexity index is 412. The fraction of sp³-hybridized carbons (Fsp3) is 0.800. The van der Waals surface area contributed by atoms with Gasteiger partial charge in [0, 0.05) is 33.2 Å². The Balaban J connectivity index is 2.49. The summed E-state index contributed by atoms with van der Waals surface area (Å²) in [7, 11) is 1.61. The number of hydrogen-bond acceptors (Lipinski definition) is 3. The molecule has 0 aromatic heterocycles. The zero-order chi connectivity index (χ0) is 16.7. The first kappa shape index (κ1) is 18.3. The number of carbonyl (C=O) groups is 3. The first-order valence-electron chi connectivity index (χ1n) is 7.80. The molecule has 1 saturated heterocycles. The molecule has 1 rings (SSSR count). The zero-order valence-corrected chi connectivity index (χ0v) is 13.7. The van der Waals surface area contributed by atoms with Crippen LogP contribution >= 0.6 is 0 Å². The molecule has 0 aromatic carbocycles. The quantitative estimate of drug-likeness (QED) is 0.765. The lowest BCUT2D eigenvalue weighted by Crippen LogP contribution is -2.49. The Kier molecular flexibility index (Phi) is 7.14. The number of carboxylic acid groups (broad SMARTS) is 1. The molecular formula is C15H27N3O4. The van der Waals surface area contributed by atoms with Crippen molar-refractivity contribution in [3.63, 3.8) is 0 Å². The van der Waals surface area contributed by atoms with Gasteiger partial charge in [0.1, 0.15) is 0 Å². The van der Waals surface area contributed by atoms with Crippen molar-refractivity contribution >= 4 is 17.9 Å². The second-order valence-electron chi connectivity index (χ2n) is 6.27. The van der Waals surface area contributed by atoms with E-state index in [0.717, 1.165) is 12.8 Å². The summed E-state index contributed by atoms with van der Waals surface area (Å²) in [6.07, 6.45) is 1.47. The van der Waals surface area contributed by atoms with E-state index in [1.807, 2.05) is 13.8 Å². The predicted molar refractivity (Wildman–Crippen MR) is 82.4 cm³/mol. The lowest BCUT2D eigenvalue weighted by atomic mass is 9.97. The number of carboxylic acids is 1. The summed E-state index contributed by atoms with van der Waals surface area (Å²) in [4.78, 5) is 38.1. The summed E-state index contributed by atoms with van der Waals surface area (Å²) in [5.41, 5.74) is 0. The Morgan fingerprint density at radius 2 is 2.05 bits per heavy atom. The third-order valence-corrected chi connectivity index (χ3v) is 3.76. The van der Waals surface area contributed by atoms with Gasteiger partial charge in [0.25, 0.3) is 0 Å². The molecule has 3 amide bonds. The maximum atomic E-state index is 12.3. The summed E-state index contributed by atoms with van der Waals surface area (Å²) in [6.45, 7) is 5.93. The molecule has 1 aliphatic rings. The van der Waals surface area contributed by atoms with Crippen molar-refractivity contribution in [2.45, 2.75) is 33.1 Å². The largest absolute Gasteiger partial charge is 0.481 e. The summed E-state index contributed by atoms with van der Waals surface area (Å²) >= 11 is 0. The molecule has 0 aliphatic carbocycles. The number of carbonyl (C=O) groups excluding carboxylic acids is 2. The highest BCUT2D eigenvalue weighted by Gasteiger charge is 2.30. The van der Waals surface area contributed by atoms with Crippen LogP contribution in [0.4, 0.5) is 4.79 Å². The molecule has 1 atom stereocenters. The van der Waals surface area contributed by atoms with Gasteiger partial charge in [-0.05, 0) is 18.8 Å². The Morgan fingerprint density at radius 1 is 1.36 bits per heavy atom. The molecule has 0 aromatic rings. The number of nitrogens with one attached hydrogen (secondary N) is 1. The normalized spacial score (nSPS) is 18.2. The van der Waals surface area contributed by atoms with E-state index < -0.39 is 5.97 Å². The summed E-state index contributed by atoms with van der Waals surface area (Å²) in [5.74, 6) is -0.855. The van der Waals surface area contributed by atoms with Crippen LogP contribution in [0.3, 0.4) is 0 Å². The number of aliphatic carboxylic acids is 1. The summed E-state index contributed by atoms with van der Waals surface area (Å²) < 4.78 is 0. The van der Waals surface area contributed by atoms with Crippen LogP contribution in [-0.4, -0.2) is 66.0 Å². The molecule has 0 saturated carbocycles. The molecule has 7 nitrogen and oxygen atoms in total. The Morgan fingerprint density at radius 3 is 2.64 bits per heavy atom. The van der Waals surface area contributed by atoms with Crippen molar-refractivity contribution in [2.24, 2.45) is 11.8 Å². The Labute approximate surface area is 131 Å². The first-order valence-corrected chi connectivity index (χ1v) is 7.80. The van der Waals surface area contributed by atoms with E-state index in [2.05, 4.69) is 5.32 Å². The van der Waals surface area contributed by atoms with E-state index in [1.165, 1.54) is 4.90 Å². The number of urea groups is 1. The molecule has 1 aliphatic heterocycles. The van der Waals surface area contributed by atoms with Crippen molar-refractivity contribution in [3.8, 4) is 0 Å². The van der Waals surface area contributed by atoms with E-state index in [4.69, 9.17) is 5.11 Å². The van der Waals surface area contributed by atoms with Gasteiger partial charge < -0.3 is 20.2 Å². The minimum atomic E-state index is -0.919. The first-order chi connectivity index (χ1) is 10.3. The third kappa shape index (κ3) is 5.91. The van der Waals surface area contributed by atoms with E-state index in [9.17, 15) is 14.4 Å². The highest BCUT2D eigenvalue weighted by Crippen LogP contribution is 2.18. The van der Waals surface area contributed by atoms with Crippen LogP contribution in [0.25, 0.3) is 0 Å². The van der Waals surface area contributed by atoms with Crippen LogP contribution in [0.2, 0.25) is 0 Å². The SMILES string of the molecule is CC(C)CNC(=O)N1CCCC(C(=O)N(C)CCC(=O)O)C1. The fourth-order valence-corrected chi connectivity index (χ4v) is 2.45. The molecule has 126 valence electrons. The molecule has 1 heterocycles. The van der Waals surface area contributed by atoms with Crippen LogP contribution < -0.4 is 5.32 Å². The molecule has 0 spiro atoms. The van der Waals surface area contributed by atoms with Crippen molar-refractivity contribution in [1.82, 2.24) is 15.1 Å². The van der Waals surface area contributed by atoms with Crippen LogP contribution in [0.1, 0.15) is 33.1 Å². The molecule has 1 fully saturated rings. The van der Waals surface area contributed by atoms with Crippen molar-refractivity contribution in [1.29, 1.82) is 0 Å². The molecule has 1 unspecified atom stereocenters. The van der Waals surface area contributed by atoms with Crippen LogP contribution in [0.15, 0.2) is 0 Å². The van der Waals surface area contributed by atoms with Crippen LogP contribution in [0.5, 0.6) is 0 Å². The van der Waals surface area contributed by atoms with Crippen molar-refractivity contribution < 1.29 is 19.5 Å². The lowest BCUT2D eigenvalue weighted by molar-refractivity contribution is -0.139. The van der Waals surface area contributed by atoms with Gasteiger partial charge in [-0.25, -0.2) is 4.79 Å². The van der Waals surface area contributed by atoms with E-state index in [0.29, 0.717) is 25.6 Å². The van der Waals surface area contributed by atoms with Crippen molar-refractivity contribution in [3.05, 3.63) is 0 Å². The second kappa shape index (κ2) is 8.60. The fourth-order valence-electron chi connectivity index (χ4n) is 2.45. The zero-order valence-electron chi connectivity index (χ0n) is 13.7. The maximum absolute atomic E-state index is 12.3. The maximum Gasteiger partial charge on any atom is 0.317 e. The number of hydrogen-bond donors (Lipinski definition) is 2. The van der Waals surface area contributed by atoms with Gasteiger partial charge in [-0.2, -0.15) is 0 Å². The minimum Gasteiger partial charge on any atom is -0.481 e. The molecule has 7 heteroatoms. The summed E-state index contributed by atoms with van der Waals surface area (Å²) in [6, 6.07) is -0.126. The van der Waals surface area contributed by atoms with E-state index in [1.54, 1.807) is 11.9 Å². The molecule has 0 radical (unpaired) electrons. The number of likely N-dealkylation sites (tertiary alicyclic amines) is 1. The topological polar surface area (TPSA) is 90.0 Å². The van der Waals surface area contributed by atoms with Crippen LogP contribution in [-0.2, 0) is 9.59 Å². The van der Waals surface area contributed by atoms with Gasteiger partial charge >= 0.3 is 12.0 Å². The average molecular weight is 313 g/mol. The van der Waals surface area contributed by atoms with Crippen molar-refractivity contribution in [2.75, 3.05) is 33.2 Å². The minimum absolute atomic E-state index is 0.0620. The van der Waals surface area contributed by atoms with Gasteiger partial charge in [-0.1, -0.05) is 13.8 Å². The monoisotopic (exact) mass is 313 g/mol. The molecular weight excluding hydrogens is 286 g/mol. The van der Waals surface area contributed by atoms with Gasteiger partial charge in [0.2, 0.25) is 5.91 Å². The lowest BCUT2D eigenvalue weighted by Gasteiger charge is -2.34. The van der Waals surface area contributed by atoms with Gasteiger partial charge in [-0.15, -0.1) is 0 Å². The summed E-state index contributed by atoms with van der Waals surface area (Å²) in [5, 5.41) is 11.5. The predicted octanol–water partition coefficient (Wildman–Crippen LogP) is 0.997. The smallest absolute Gasteiger partial charge is 0.317 e. The highest BCUT2D eigenvalue weighted by atomic mass is 16.4. The van der Waals surface area contributed by atoms with Gasteiger partial charge in [0.15, 0.2) is 0 Å². The number of piperidine rings is 1.